The molecule has 0 spiro atoms. The minimum absolute atomic E-state index is 0.0927. The van der Waals surface area contributed by atoms with E-state index in [0.717, 1.165) is 11.1 Å². The molecule has 3 rings (SSSR count). The number of nitrogens with zero attached hydrogens (tertiary/aromatic N) is 2. The van der Waals surface area contributed by atoms with E-state index in [-0.39, 0.29) is 18.2 Å². The number of amides is 2. The Morgan fingerprint density at radius 2 is 1.71 bits per heavy atom. The second-order valence-electron chi connectivity index (χ2n) is 6.96. The molecule has 1 unspecified atom stereocenters. The first-order valence-electron chi connectivity index (χ1n) is 10.1. The average molecular weight is 418 g/mol. The van der Waals surface area contributed by atoms with Crippen molar-refractivity contribution < 1.29 is 14.4 Å². The van der Waals surface area contributed by atoms with Gasteiger partial charge in [0.25, 0.3) is 5.91 Å². The molecular weight excluding hydrogens is 392 g/mol. The van der Waals surface area contributed by atoms with Gasteiger partial charge in [0.05, 0.1) is 13.2 Å². The second-order valence-corrected chi connectivity index (χ2v) is 6.96. The van der Waals surface area contributed by atoms with Crippen molar-refractivity contribution in [2.24, 2.45) is 5.73 Å². The third-order valence-electron chi connectivity index (χ3n) is 4.67. The fourth-order valence-corrected chi connectivity index (χ4v) is 3.04. The number of aromatic nitrogens is 1. The fraction of sp³-hybridized carbons (Fsp3) is 0.208. The topological polar surface area (TPSA) is 97.5 Å². The van der Waals surface area contributed by atoms with E-state index in [0.29, 0.717) is 24.4 Å². The second kappa shape index (κ2) is 11.0. The van der Waals surface area contributed by atoms with Gasteiger partial charge in [0.2, 0.25) is 5.91 Å². The molecule has 3 N–H and O–H groups in total. The van der Waals surface area contributed by atoms with Gasteiger partial charge in [0.1, 0.15) is 0 Å². The van der Waals surface area contributed by atoms with Crippen molar-refractivity contribution in [3.05, 3.63) is 95.8 Å². The number of benzene rings is 2. The number of nitrogens with one attached hydrogen (secondary N) is 1. The van der Waals surface area contributed by atoms with Crippen molar-refractivity contribution in [2.75, 3.05) is 11.9 Å². The zero-order chi connectivity index (χ0) is 22.1. The van der Waals surface area contributed by atoms with Gasteiger partial charge in [0, 0.05) is 36.1 Å². The molecule has 0 saturated heterocycles. The molecule has 7 nitrogen and oxygen atoms in total. The lowest BCUT2D eigenvalue weighted by molar-refractivity contribution is -0.189. The van der Waals surface area contributed by atoms with E-state index in [9.17, 15) is 9.59 Å². The summed E-state index contributed by atoms with van der Waals surface area (Å²) in [7, 11) is 0. The minimum Gasteiger partial charge on any atom is -0.324 e. The highest BCUT2D eigenvalue weighted by atomic mass is 16.7. The molecule has 0 bridgehead atoms. The van der Waals surface area contributed by atoms with Crippen LogP contribution in [0.2, 0.25) is 0 Å². The molecule has 0 fully saturated rings. The first-order chi connectivity index (χ1) is 15.1. The molecule has 7 heteroatoms. The quantitative estimate of drug-likeness (QED) is 0.517. The van der Waals surface area contributed by atoms with Crippen molar-refractivity contribution in [1.29, 1.82) is 0 Å². The standard InChI is InChI=1S/C24H26N4O3/c1-2-31-28(17-18-6-4-3-5-7-18)23(29)16-22(25)19-8-10-20(11-9-19)24(30)27-21-12-14-26-15-13-21/h3-15,22H,2,16-17,25H2,1H3,(H,26,27,30). The molecule has 2 amide bonds. The zero-order valence-electron chi connectivity index (χ0n) is 17.4. The Morgan fingerprint density at radius 3 is 2.35 bits per heavy atom. The van der Waals surface area contributed by atoms with Gasteiger partial charge in [-0.1, -0.05) is 42.5 Å². The molecule has 31 heavy (non-hydrogen) atoms. The lowest BCUT2D eigenvalue weighted by atomic mass is 10.0. The van der Waals surface area contributed by atoms with Crippen molar-refractivity contribution >= 4 is 17.5 Å². The number of carbonyl (C=O) groups is 2. The van der Waals surface area contributed by atoms with Crippen LogP contribution in [-0.4, -0.2) is 28.5 Å². The Labute approximate surface area is 181 Å². The van der Waals surface area contributed by atoms with Crippen LogP contribution in [0.5, 0.6) is 0 Å². The molecule has 0 radical (unpaired) electrons. The highest BCUT2D eigenvalue weighted by molar-refractivity contribution is 6.04. The summed E-state index contributed by atoms with van der Waals surface area (Å²) in [5.41, 5.74) is 9.17. The summed E-state index contributed by atoms with van der Waals surface area (Å²) < 4.78 is 0. The predicted molar refractivity (Wildman–Crippen MR) is 119 cm³/mol. The number of pyridine rings is 1. The molecule has 3 aromatic rings. The van der Waals surface area contributed by atoms with Gasteiger partial charge in [-0.2, -0.15) is 0 Å². The Hall–Kier alpha value is -3.55. The van der Waals surface area contributed by atoms with E-state index in [1.165, 1.54) is 5.06 Å². The summed E-state index contributed by atoms with van der Waals surface area (Å²) >= 11 is 0. The van der Waals surface area contributed by atoms with E-state index < -0.39 is 6.04 Å². The third-order valence-corrected chi connectivity index (χ3v) is 4.67. The normalized spacial score (nSPS) is 11.5. The predicted octanol–water partition coefficient (Wildman–Crippen LogP) is 3.70. The number of hydroxylamine groups is 2. The largest absolute Gasteiger partial charge is 0.324 e. The summed E-state index contributed by atoms with van der Waals surface area (Å²) in [6.45, 7) is 2.57. The first kappa shape index (κ1) is 22.1. The molecule has 0 aliphatic heterocycles. The van der Waals surface area contributed by atoms with Gasteiger partial charge < -0.3 is 11.1 Å². The van der Waals surface area contributed by atoms with Gasteiger partial charge in [-0.05, 0) is 42.3 Å². The molecule has 1 atom stereocenters. The van der Waals surface area contributed by atoms with E-state index >= 15 is 0 Å². The fourth-order valence-electron chi connectivity index (χ4n) is 3.04. The van der Waals surface area contributed by atoms with Gasteiger partial charge in [-0.25, -0.2) is 5.06 Å². The highest BCUT2D eigenvalue weighted by Crippen LogP contribution is 2.18. The number of hydrogen-bond donors (Lipinski definition) is 2. The van der Waals surface area contributed by atoms with Crippen molar-refractivity contribution in [3.63, 3.8) is 0 Å². The summed E-state index contributed by atoms with van der Waals surface area (Å²) in [4.78, 5) is 34.6. The van der Waals surface area contributed by atoms with E-state index in [2.05, 4.69) is 10.3 Å². The summed E-state index contributed by atoms with van der Waals surface area (Å²) in [5, 5.41) is 4.16. The van der Waals surface area contributed by atoms with E-state index in [4.69, 9.17) is 10.6 Å². The molecular formula is C24H26N4O3. The van der Waals surface area contributed by atoms with Crippen LogP contribution >= 0.6 is 0 Å². The Kier molecular flexibility index (Phi) is 7.86. The molecule has 1 heterocycles. The molecule has 2 aromatic carbocycles. The van der Waals surface area contributed by atoms with Crippen LogP contribution < -0.4 is 11.1 Å². The lowest BCUT2D eigenvalue weighted by Gasteiger charge is -2.23. The van der Waals surface area contributed by atoms with Crippen LogP contribution in [0.15, 0.2) is 79.1 Å². The molecule has 1 aromatic heterocycles. The minimum atomic E-state index is -0.511. The van der Waals surface area contributed by atoms with Crippen molar-refractivity contribution in [3.8, 4) is 0 Å². The van der Waals surface area contributed by atoms with Gasteiger partial charge in [-0.3, -0.25) is 19.4 Å². The lowest BCUT2D eigenvalue weighted by Crippen LogP contribution is -2.33. The number of nitrogens with two attached hydrogens (primary N) is 1. The highest BCUT2D eigenvalue weighted by Gasteiger charge is 2.19. The van der Waals surface area contributed by atoms with Gasteiger partial charge >= 0.3 is 0 Å². The third kappa shape index (κ3) is 6.47. The monoisotopic (exact) mass is 418 g/mol. The Bertz CT molecular complexity index is 979. The maximum Gasteiger partial charge on any atom is 0.255 e. The Morgan fingerprint density at radius 1 is 1.03 bits per heavy atom. The van der Waals surface area contributed by atoms with Crippen LogP contribution in [0.4, 0.5) is 5.69 Å². The Balaban J connectivity index is 1.60. The molecule has 0 aliphatic carbocycles. The maximum atomic E-state index is 12.8. The number of carbonyl (C=O) groups excluding carboxylic acids is 2. The van der Waals surface area contributed by atoms with Crippen LogP contribution in [0.1, 0.15) is 40.9 Å². The first-order valence-corrected chi connectivity index (χ1v) is 10.1. The summed E-state index contributed by atoms with van der Waals surface area (Å²) in [6.07, 6.45) is 3.31. The van der Waals surface area contributed by atoms with Crippen molar-refractivity contribution in [1.82, 2.24) is 10.0 Å². The van der Waals surface area contributed by atoms with Gasteiger partial charge in [0.15, 0.2) is 0 Å². The van der Waals surface area contributed by atoms with Crippen molar-refractivity contribution in [2.45, 2.75) is 25.9 Å². The van der Waals surface area contributed by atoms with Crippen LogP contribution in [0.25, 0.3) is 0 Å². The van der Waals surface area contributed by atoms with Crippen LogP contribution in [0, 0.1) is 0 Å². The zero-order valence-corrected chi connectivity index (χ0v) is 17.4. The van der Waals surface area contributed by atoms with E-state index in [1.807, 2.05) is 37.3 Å². The van der Waals surface area contributed by atoms with Crippen LogP contribution in [-0.2, 0) is 16.2 Å². The molecule has 160 valence electrons. The smallest absolute Gasteiger partial charge is 0.255 e. The summed E-state index contributed by atoms with van der Waals surface area (Å²) in [5.74, 6) is -0.425. The maximum absolute atomic E-state index is 12.8. The summed E-state index contributed by atoms with van der Waals surface area (Å²) in [6, 6.07) is 19.5. The number of anilines is 1. The number of hydrogen-bond acceptors (Lipinski definition) is 5. The van der Waals surface area contributed by atoms with Crippen LogP contribution in [0.3, 0.4) is 0 Å². The number of rotatable bonds is 9. The average Bonchev–Trinajstić information content (AvgIpc) is 2.80. The van der Waals surface area contributed by atoms with Gasteiger partial charge in [-0.15, -0.1) is 0 Å². The SMILES string of the molecule is CCON(Cc1ccccc1)C(=O)CC(N)c1ccc(C(=O)Nc2ccncc2)cc1. The molecule has 0 saturated carbocycles. The molecule has 0 aliphatic rings. The van der Waals surface area contributed by atoms with E-state index in [1.54, 1.807) is 48.8 Å².